The Bertz CT molecular complexity index is 653. The Morgan fingerprint density at radius 1 is 1.16 bits per heavy atom. The number of alkyl halides is 3. The average Bonchev–Trinajstić information content (AvgIpc) is 2.38. The van der Waals surface area contributed by atoms with Crippen molar-refractivity contribution in [3.05, 3.63) is 59.4 Å². The van der Waals surface area contributed by atoms with Crippen molar-refractivity contribution in [3.8, 4) is 17.2 Å². The van der Waals surface area contributed by atoms with Crippen LogP contribution in [0.3, 0.4) is 0 Å². The highest BCUT2D eigenvalue weighted by Gasteiger charge is 2.34. The smallest absolute Gasteiger partial charge is 0.206 e. The number of hydrogen-bond acceptors (Lipinski definition) is 1. The minimum Gasteiger partial charge on any atom is -0.206 e. The third-order valence-corrected chi connectivity index (χ3v) is 2.54. The lowest BCUT2D eigenvalue weighted by atomic mass is 9.98. The first-order chi connectivity index (χ1) is 8.93. The molecule has 0 amide bonds. The molecular formula is C14H6F4N. The maximum absolute atomic E-state index is 13.2. The summed E-state index contributed by atoms with van der Waals surface area (Å²) >= 11 is 0. The summed E-state index contributed by atoms with van der Waals surface area (Å²) in [5.41, 5.74) is -0.852. The second-order valence-corrected chi connectivity index (χ2v) is 3.76. The molecule has 2 aromatic rings. The molecule has 0 aliphatic rings. The van der Waals surface area contributed by atoms with Crippen molar-refractivity contribution in [1.29, 1.82) is 5.26 Å². The first-order valence-electron chi connectivity index (χ1n) is 5.21. The summed E-state index contributed by atoms with van der Waals surface area (Å²) in [5, 5.41) is 8.90. The van der Waals surface area contributed by atoms with E-state index in [0.29, 0.717) is 6.07 Å². The molecule has 0 bridgehead atoms. The van der Waals surface area contributed by atoms with Gasteiger partial charge >= 0.3 is 6.18 Å². The highest BCUT2D eigenvalue weighted by molar-refractivity contribution is 5.70. The van der Waals surface area contributed by atoms with Gasteiger partial charge in [-0.25, -0.2) is 4.39 Å². The van der Waals surface area contributed by atoms with Crippen LogP contribution in [0.15, 0.2) is 36.4 Å². The van der Waals surface area contributed by atoms with Crippen LogP contribution in [0.4, 0.5) is 17.6 Å². The van der Waals surface area contributed by atoms with Crippen LogP contribution in [-0.2, 0) is 6.18 Å². The van der Waals surface area contributed by atoms with Crippen molar-refractivity contribution in [2.24, 2.45) is 0 Å². The van der Waals surface area contributed by atoms with Crippen LogP contribution >= 0.6 is 0 Å². The van der Waals surface area contributed by atoms with Gasteiger partial charge in [0.2, 0.25) is 0 Å². The van der Waals surface area contributed by atoms with Crippen molar-refractivity contribution in [2.45, 2.75) is 6.18 Å². The van der Waals surface area contributed by atoms with Gasteiger partial charge in [0.25, 0.3) is 0 Å². The molecule has 0 heterocycles. The topological polar surface area (TPSA) is 23.8 Å². The predicted octanol–water partition coefficient (Wildman–Crippen LogP) is 4.18. The fourth-order valence-electron chi connectivity index (χ4n) is 1.67. The summed E-state index contributed by atoms with van der Waals surface area (Å²) in [6.07, 6.45) is -4.78. The zero-order chi connectivity index (χ0) is 14.0. The Kier molecular flexibility index (Phi) is 3.26. The zero-order valence-corrected chi connectivity index (χ0v) is 9.42. The monoisotopic (exact) mass is 264 g/mol. The largest absolute Gasteiger partial charge is 0.419 e. The number of rotatable bonds is 1. The summed E-state index contributed by atoms with van der Waals surface area (Å²) in [6.45, 7) is 0. The van der Waals surface area contributed by atoms with Gasteiger partial charge in [-0.05, 0) is 29.8 Å². The van der Waals surface area contributed by atoms with E-state index in [9.17, 15) is 17.6 Å². The van der Waals surface area contributed by atoms with Crippen molar-refractivity contribution < 1.29 is 17.6 Å². The Balaban J connectivity index is 2.62. The van der Waals surface area contributed by atoms with Gasteiger partial charge in [0.1, 0.15) is 5.82 Å². The zero-order valence-electron chi connectivity index (χ0n) is 9.42. The van der Waals surface area contributed by atoms with E-state index in [-0.39, 0.29) is 16.7 Å². The normalized spacial score (nSPS) is 11.1. The minimum absolute atomic E-state index is 0.103. The predicted molar refractivity (Wildman–Crippen MR) is 60.4 cm³/mol. The number of nitrogens with zero attached hydrogens (tertiary/aromatic N) is 1. The second-order valence-electron chi connectivity index (χ2n) is 3.76. The van der Waals surface area contributed by atoms with E-state index >= 15 is 0 Å². The van der Waals surface area contributed by atoms with Crippen LogP contribution in [0.25, 0.3) is 11.1 Å². The minimum atomic E-state index is -4.78. The van der Waals surface area contributed by atoms with Gasteiger partial charge in [0.15, 0.2) is 0 Å². The lowest BCUT2D eigenvalue weighted by molar-refractivity contribution is -0.139. The van der Waals surface area contributed by atoms with E-state index in [1.165, 1.54) is 18.2 Å². The fourth-order valence-corrected chi connectivity index (χ4v) is 1.67. The molecule has 0 atom stereocenters. The van der Waals surface area contributed by atoms with Crippen LogP contribution in [-0.4, -0.2) is 0 Å². The molecule has 0 spiro atoms. The molecule has 0 fully saturated rings. The fraction of sp³-hybridized carbons (Fsp3) is 0.0714. The van der Waals surface area contributed by atoms with Crippen molar-refractivity contribution in [1.82, 2.24) is 0 Å². The van der Waals surface area contributed by atoms with Gasteiger partial charge in [-0.3, -0.25) is 0 Å². The van der Waals surface area contributed by atoms with Crippen molar-refractivity contribution in [2.75, 3.05) is 0 Å². The molecule has 0 saturated heterocycles. The molecule has 0 aliphatic heterocycles. The Hall–Kier alpha value is -2.35. The summed E-state index contributed by atoms with van der Waals surface area (Å²) in [4.78, 5) is 0. The lowest BCUT2D eigenvalue weighted by Crippen LogP contribution is -2.08. The molecule has 0 N–H and O–H groups in total. The standard InChI is InChI=1S/C14H6F4N/c15-13-6-5-9(7-12(13)14(16,17)18)11-4-2-1-3-10(11)8-19/h1-3,5-7H. The summed E-state index contributed by atoms with van der Waals surface area (Å²) in [7, 11) is 0. The van der Waals surface area contributed by atoms with E-state index in [1.54, 1.807) is 6.07 Å². The number of nitriles is 1. The van der Waals surface area contributed by atoms with Crippen molar-refractivity contribution >= 4 is 0 Å². The van der Waals surface area contributed by atoms with Crippen LogP contribution in [0, 0.1) is 23.2 Å². The summed E-state index contributed by atoms with van der Waals surface area (Å²) in [5.74, 6) is -1.34. The molecule has 95 valence electrons. The molecule has 1 radical (unpaired) electrons. The van der Waals surface area contributed by atoms with Crippen LogP contribution in [0.5, 0.6) is 0 Å². The quantitative estimate of drug-likeness (QED) is 0.709. The van der Waals surface area contributed by atoms with Gasteiger partial charge in [-0.2, -0.15) is 18.4 Å². The van der Waals surface area contributed by atoms with E-state index in [2.05, 4.69) is 6.07 Å². The van der Waals surface area contributed by atoms with Gasteiger partial charge in [0.05, 0.1) is 17.2 Å². The first kappa shape index (κ1) is 13.1. The van der Waals surface area contributed by atoms with E-state index in [0.717, 1.165) is 6.07 Å². The van der Waals surface area contributed by atoms with Crippen molar-refractivity contribution in [3.63, 3.8) is 0 Å². The molecule has 19 heavy (non-hydrogen) atoms. The third-order valence-electron chi connectivity index (χ3n) is 2.54. The highest BCUT2D eigenvalue weighted by atomic mass is 19.4. The van der Waals surface area contributed by atoms with Gasteiger partial charge in [-0.1, -0.05) is 18.2 Å². The first-order valence-corrected chi connectivity index (χ1v) is 5.21. The molecule has 2 aromatic carbocycles. The highest BCUT2D eigenvalue weighted by Crippen LogP contribution is 2.34. The maximum atomic E-state index is 13.2. The SMILES string of the molecule is N#Cc1ccc[c]c1-c1ccc(F)c(C(F)(F)F)c1. The Morgan fingerprint density at radius 2 is 1.89 bits per heavy atom. The summed E-state index contributed by atoms with van der Waals surface area (Å²) < 4.78 is 51.0. The molecule has 0 aromatic heterocycles. The average molecular weight is 264 g/mol. The third kappa shape index (κ3) is 2.58. The Morgan fingerprint density at radius 3 is 2.53 bits per heavy atom. The molecule has 0 saturated carbocycles. The maximum Gasteiger partial charge on any atom is 0.419 e. The van der Waals surface area contributed by atoms with E-state index in [1.807, 2.05) is 6.07 Å². The number of hydrogen-bond donors (Lipinski definition) is 0. The molecule has 5 heteroatoms. The number of benzene rings is 2. The number of halogens is 4. The van der Waals surface area contributed by atoms with Gasteiger partial charge in [0, 0.05) is 5.56 Å². The lowest BCUT2D eigenvalue weighted by Gasteiger charge is -2.10. The molecule has 1 nitrogen and oxygen atoms in total. The molecule has 2 rings (SSSR count). The second kappa shape index (κ2) is 4.73. The Labute approximate surface area is 106 Å². The summed E-state index contributed by atoms with van der Waals surface area (Å²) in [6, 6.07) is 11.7. The van der Waals surface area contributed by atoms with E-state index < -0.39 is 17.6 Å². The van der Waals surface area contributed by atoms with Crippen LogP contribution < -0.4 is 0 Å². The van der Waals surface area contributed by atoms with Crippen LogP contribution in [0.2, 0.25) is 0 Å². The molecule has 0 aliphatic carbocycles. The van der Waals surface area contributed by atoms with Gasteiger partial charge in [-0.15, -0.1) is 0 Å². The molecule has 0 unspecified atom stereocenters. The van der Waals surface area contributed by atoms with Gasteiger partial charge < -0.3 is 0 Å². The van der Waals surface area contributed by atoms with Crippen LogP contribution in [0.1, 0.15) is 11.1 Å². The van der Waals surface area contributed by atoms with E-state index in [4.69, 9.17) is 5.26 Å². The molecular weight excluding hydrogens is 258 g/mol.